The Labute approximate surface area is 165 Å². The van der Waals surface area contributed by atoms with E-state index < -0.39 is 6.36 Å². The van der Waals surface area contributed by atoms with Gasteiger partial charge in [-0.25, -0.2) is 14.8 Å². The van der Waals surface area contributed by atoms with Crippen molar-refractivity contribution in [2.75, 3.05) is 24.1 Å². The normalized spacial score (nSPS) is 21.1. The fraction of sp³-hybridized carbons (Fsp3) is 0.421. The summed E-state index contributed by atoms with van der Waals surface area (Å²) < 4.78 is 40.6. The number of aryl methyl sites for hydroxylation is 1. The number of urea groups is 1. The van der Waals surface area contributed by atoms with Gasteiger partial charge in [-0.05, 0) is 55.5 Å². The van der Waals surface area contributed by atoms with Crippen molar-refractivity contribution in [3.63, 3.8) is 0 Å². The molecule has 2 aliphatic rings. The number of ether oxygens (including phenoxy) is 1. The molecule has 0 bridgehead atoms. The number of aromatic nitrogens is 2. The van der Waals surface area contributed by atoms with Crippen LogP contribution in [0, 0.1) is 0 Å². The first-order chi connectivity index (χ1) is 13.7. The van der Waals surface area contributed by atoms with Gasteiger partial charge in [-0.15, -0.1) is 13.2 Å². The van der Waals surface area contributed by atoms with Gasteiger partial charge >= 0.3 is 12.4 Å². The third-order valence-corrected chi connectivity index (χ3v) is 5.46. The number of hydrogen-bond donors (Lipinski definition) is 2. The van der Waals surface area contributed by atoms with Crippen LogP contribution in [-0.4, -0.2) is 40.4 Å². The van der Waals surface area contributed by atoms with Gasteiger partial charge < -0.3 is 20.7 Å². The van der Waals surface area contributed by atoms with Crippen LogP contribution in [0.15, 0.2) is 30.5 Å². The van der Waals surface area contributed by atoms with Crippen LogP contribution < -0.4 is 15.8 Å². The van der Waals surface area contributed by atoms with Crippen molar-refractivity contribution in [2.24, 2.45) is 0 Å². The molecule has 1 fully saturated rings. The lowest BCUT2D eigenvalue weighted by atomic mass is 9.77. The van der Waals surface area contributed by atoms with Crippen molar-refractivity contribution in [3.8, 4) is 5.75 Å². The summed E-state index contributed by atoms with van der Waals surface area (Å²) in [7, 11) is 0. The molecule has 3 N–H and O–H groups in total. The Kier molecular flexibility index (Phi) is 4.71. The van der Waals surface area contributed by atoms with Crippen molar-refractivity contribution in [3.05, 3.63) is 41.7 Å². The van der Waals surface area contributed by atoms with Crippen LogP contribution in [0.1, 0.15) is 30.5 Å². The van der Waals surface area contributed by atoms with Crippen molar-refractivity contribution in [2.45, 2.75) is 37.5 Å². The van der Waals surface area contributed by atoms with E-state index in [1.54, 1.807) is 11.1 Å². The summed E-state index contributed by atoms with van der Waals surface area (Å²) in [6.07, 6.45) is 0.492. The maximum Gasteiger partial charge on any atom is 0.573 e. The summed E-state index contributed by atoms with van der Waals surface area (Å²) >= 11 is 0. The molecule has 1 unspecified atom stereocenters. The van der Waals surface area contributed by atoms with E-state index in [0.717, 1.165) is 49.1 Å². The predicted octanol–water partition coefficient (Wildman–Crippen LogP) is 3.47. The first kappa shape index (κ1) is 19.3. The molecule has 2 amide bonds. The van der Waals surface area contributed by atoms with Gasteiger partial charge in [-0.1, -0.05) is 0 Å². The SMILES string of the molecule is Nc1ncc2c(n1)C1(CCCN(C(=O)Nc3ccc(OC(F)(F)F)cc3)C1)CC2. The van der Waals surface area contributed by atoms with E-state index in [-0.39, 0.29) is 23.1 Å². The highest BCUT2D eigenvalue weighted by Gasteiger charge is 2.44. The molecule has 0 saturated carbocycles. The summed E-state index contributed by atoms with van der Waals surface area (Å²) in [4.78, 5) is 23.0. The molecule has 7 nitrogen and oxygen atoms in total. The number of nitrogens with two attached hydrogens (primary N) is 1. The molecule has 1 spiro atoms. The molecular weight excluding hydrogens is 387 g/mol. The molecule has 0 radical (unpaired) electrons. The number of alkyl halides is 3. The van der Waals surface area contributed by atoms with Gasteiger partial charge in [-0.2, -0.15) is 0 Å². The zero-order valence-electron chi connectivity index (χ0n) is 15.5. The average Bonchev–Trinajstić information content (AvgIpc) is 2.99. The number of halogens is 3. The lowest BCUT2D eigenvalue weighted by Gasteiger charge is -2.40. The van der Waals surface area contributed by atoms with Gasteiger partial charge in [0.2, 0.25) is 5.95 Å². The van der Waals surface area contributed by atoms with E-state index in [0.29, 0.717) is 18.8 Å². The minimum Gasteiger partial charge on any atom is -0.406 e. The van der Waals surface area contributed by atoms with Crippen molar-refractivity contribution < 1.29 is 22.7 Å². The molecule has 1 aliphatic heterocycles. The van der Waals surface area contributed by atoms with E-state index in [1.807, 2.05) is 0 Å². The quantitative estimate of drug-likeness (QED) is 0.795. The molecule has 1 saturated heterocycles. The van der Waals surface area contributed by atoms with Gasteiger partial charge in [0.1, 0.15) is 5.75 Å². The van der Waals surface area contributed by atoms with Gasteiger partial charge in [0.05, 0.1) is 5.69 Å². The van der Waals surface area contributed by atoms with Gasteiger partial charge in [0.25, 0.3) is 0 Å². The van der Waals surface area contributed by atoms with Crippen LogP contribution in [0.3, 0.4) is 0 Å². The highest BCUT2D eigenvalue weighted by Crippen LogP contribution is 2.44. The lowest BCUT2D eigenvalue weighted by Crippen LogP contribution is -2.49. The zero-order valence-corrected chi connectivity index (χ0v) is 15.5. The molecule has 10 heteroatoms. The zero-order chi connectivity index (χ0) is 20.6. The van der Waals surface area contributed by atoms with Gasteiger partial charge in [0, 0.05) is 30.4 Å². The maximum atomic E-state index is 12.7. The highest BCUT2D eigenvalue weighted by atomic mass is 19.4. The summed E-state index contributed by atoms with van der Waals surface area (Å²) in [5.41, 5.74) is 7.93. The van der Waals surface area contributed by atoms with Crippen LogP contribution in [0.5, 0.6) is 5.75 Å². The number of nitrogens with one attached hydrogen (secondary N) is 1. The number of nitrogens with zero attached hydrogens (tertiary/aromatic N) is 3. The fourth-order valence-electron chi connectivity index (χ4n) is 4.20. The largest absolute Gasteiger partial charge is 0.573 e. The number of likely N-dealkylation sites (tertiary alicyclic amines) is 1. The van der Waals surface area contributed by atoms with Crippen molar-refractivity contribution in [1.29, 1.82) is 0 Å². The topological polar surface area (TPSA) is 93.4 Å². The van der Waals surface area contributed by atoms with E-state index in [4.69, 9.17) is 5.73 Å². The lowest BCUT2D eigenvalue weighted by molar-refractivity contribution is -0.274. The van der Waals surface area contributed by atoms with E-state index in [1.165, 1.54) is 12.1 Å². The van der Waals surface area contributed by atoms with Gasteiger partial charge in [-0.3, -0.25) is 0 Å². The maximum absolute atomic E-state index is 12.7. The molecule has 1 aromatic heterocycles. The Hall–Kier alpha value is -3.04. The van der Waals surface area contributed by atoms with Gasteiger partial charge in [0.15, 0.2) is 0 Å². The Morgan fingerprint density at radius 1 is 1.24 bits per heavy atom. The summed E-state index contributed by atoms with van der Waals surface area (Å²) in [5, 5.41) is 2.74. The molecular formula is C19H20F3N5O2. The smallest absolute Gasteiger partial charge is 0.406 e. The van der Waals surface area contributed by atoms with Crippen LogP contribution in [0.25, 0.3) is 0 Å². The molecule has 2 heterocycles. The first-order valence-electron chi connectivity index (χ1n) is 9.28. The molecule has 154 valence electrons. The van der Waals surface area contributed by atoms with Crippen molar-refractivity contribution in [1.82, 2.24) is 14.9 Å². The average molecular weight is 407 g/mol. The third-order valence-electron chi connectivity index (χ3n) is 5.46. The van der Waals surface area contributed by atoms with Crippen molar-refractivity contribution >= 4 is 17.7 Å². The predicted molar refractivity (Wildman–Crippen MR) is 99.4 cm³/mol. The Balaban J connectivity index is 1.45. The standard InChI is InChI=1S/C19H20F3N5O2/c20-19(21,22)29-14-4-2-13(3-5-14)25-17(28)27-9-1-7-18(11-27)8-6-12-10-24-16(23)26-15(12)18/h2-5,10H,1,6-9,11H2,(H,25,28)(H2,23,24,26). The second-order valence-electron chi connectivity index (χ2n) is 7.41. The number of hydrogen-bond acceptors (Lipinski definition) is 5. The molecule has 1 atom stereocenters. The fourth-order valence-corrected chi connectivity index (χ4v) is 4.20. The molecule has 2 aromatic rings. The van der Waals surface area contributed by atoms with Crippen LogP contribution >= 0.6 is 0 Å². The Bertz CT molecular complexity index is 915. The third kappa shape index (κ3) is 4.06. The number of nitrogen functional groups attached to an aromatic ring is 1. The second-order valence-corrected chi connectivity index (χ2v) is 7.41. The highest BCUT2D eigenvalue weighted by molar-refractivity contribution is 5.89. The molecule has 4 rings (SSSR count). The Morgan fingerprint density at radius 2 is 2.00 bits per heavy atom. The van der Waals surface area contributed by atoms with E-state index in [9.17, 15) is 18.0 Å². The Morgan fingerprint density at radius 3 is 2.72 bits per heavy atom. The number of anilines is 2. The van der Waals surface area contributed by atoms with Crippen LogP contribution in [0.2, 0.25) is 0 Å². The summed E-state index contributed by atoms with van der Waals surface area (Å²) in [6, 6.07) is 4.76. The number of carbonyl (C=O) groups excluding carboxylic acids is 1. The number of amides is 2. The number of rotatable bonds is 2. The molecule has 1 aromatic carbocycles. The minimum atomic E-state index is -4.75. The first-order valence-corrected chi connectivity index (χ1v) is 9.28. The monoisotopic (exact) mass is 407 g/mol. The number of benzene rings is 1. The summed E-state index contributed by atoms with van der Waals surface area (Å²) in [5.74, 6) is -0.111. The second kappa shape index (κ2) is 7.09. The number of fused-ring (bicyclic) bond motifs is 2. The molecule has 29 heavy (non-hydrogen) atoms. The molecule has 1 aliphatic carbocycles. The minimum absolute atomic E-state index is 0.229. The van der Waals surface area contributed by atoms with E-state index >= 15 is 0 Å². The number of piperidine rings is 1. The van der Waals surface area contributed by atoms with E-state index in [2.05, 4.69) is 20.0 Å². The number of carbonyl (C=O) groups is 1. The van der Waals surface area contributed by atoms with Crippen LogP contribution in [-0.2, 0) is 11.8 Å². The van der Waals surface area contributed by atoms with Crippen LogP contribution in [0.4, 0.5) is 29.6 Å². The summed E-state index contributed by atoms with van der Waals surface area (Å²) in [6.45, 7) is 1.11.